The number of aromatic nitrogens is 2. The van der Waals surface area contributed by atoms with Crippen LogP contribution < -0.4 is 15.4 Å². The number of rotatable bonds is 7. The van der Waals surface area contributed by atoms with Crippen LogP contribution in [0.4, 0.5) is 5.69 Å². The Bertz CT molecular complexity index is 642. The number of carbonyl (C=O) groups is 1. The zero-order valence-electron chi connectivity index (χ0n) is 14.4. The monoisotopic (exact) mass is 352 g/mol. The second kappa shape index (κ2) is 9.30. The third kappa shape index (κ3) is 5.25. The molecule has 1 aromatic heterocycles. The van der Waals surface area contributed by atoms with Gasteiger partial charge in [0.1, 0.15) is 11.8 Å². The van der Waals surface area contributed by atoms with E-state index in [2.05, 4.69) is 22.7 Å². The van der Waals surface area contributed by atoms with E-state index in [1.54, 1.807) is 17.9 Å². The lowest BCUT2D eigenvalue weighted by Gasteiger charge is -2.16. The molecule has 0 aliphatic carbocycles. The van der Waals surface area contributed by atoms with Crippen molar-refractivity contribution in [3.63, 3.8) is 0 Å². The highest BCUT2D eigenvalue weighted by Gasteiger charge is 2.20. The first-order valence-electron chi connectivity index (χ1n) is 7.77. The minimum Gasteiger partial charge on any atom is -0.491 e. The van der Waals surface area contributed by atoms with E-state index >= 15 is 0 Å². The van der Waals surface area contributed by atoms with Crippen LogP contribution in [0, 0.1) is 0 Å². The molecule has 0 saturated carbocycles. The molecule has 0 fully saturated rings. The van der Waals surface area contributed by atoms with Gasteiger partial charge in [-0.25, -0.2) is 0 Å². The average molecular weight is 353 g/mol. The summed E-state index contributed by atoms with van der Waals surface area (Å²) < 4.78 is 7.40. The van der Waals surface area contributed by atoms with Gasteiger partial charge in [-0.1, -0.05) is 6.92 Å². The summed E-state index contributed by atoms with van der Waals surface area (Å²) in [6, 6.07) is 6.96. The van der Waals surface area contributed by atoms with Crippen molar-refractivity contribution in [3.05, 3.63) is 42.2 Å². The van der Waals surface area contributed by atoms with Crippen LogP contribution in [-0.2, 0) is 11.8 Å². The zero-order chi connectivity index (χ0) is 16.8. The third-order valence-electron chi connectivity index (χ3n) is 3.64. The summed E-state index contributed by atoms with van der Waals surface area (Å²) in [6.07, 6.45) is 4.64. The number of anilines is 1. The second-order valence-electron chi connectivity index (χ2n) is 5.52. The first kappa shape index (κ1) is 20.0. The van der Waals surface area contributed by atoms with Gasteiger partial charge in [-0.2, -0.15) is 5.10 Å². The average Bonchev–Trinajstić information content (AvgIpc) is 2.96. The Morgan fingerprint density at radius 2 is 2.00 bits per heavy atom. The smallest absolute Gasteiger partial charge is 0.246 e. The maximum Gasteiger partial charge on any atom is 0.246 e. The molecule has 0 spiro atoms. The highest BCUT2D eigenvalue weighted by molar-refractivity contribution is 5.95. The van der Waals surface area contributed by atoms with Crippen molar-refractivity contribution in [1.82, 2.24) is 15.1 Å². The molecule has 0 aliphatic heterocycles. The number of ether oxygens (including phenoxy) is 1. The Hall–Kier alpha value is -2.05. The van der Waals surface area contributed by atoms with Gasteiger partial charge >= 0.3 is 0 Å². The molecule has 24 heavy (non-hydrogen) atoms. The maximum absolute atomic E-state index is 12.4. The standard InChI is InChI=1S/C17H24N4O2.ClH/c1-5-12(2)23-15-8-6-14(7-9-15)20-17(22)16(18-3)13-10-19-21(4)11-13;/h6-12,16,18H,5H2,1-4H3,(H,20,22);1H. The fourth-order valence-electron chi connectivity index (χ4n) is 2.19. The molecule has 132 valence electrons. The van der Waals surface area contributed by atoms with Gasteiger partial charge < -0.3 is 15.4 Å². The van der Waals surface area contributed by atoms with E-state index in [9.17, 15) is 4.79 Å². The Labute approximate surface area is 149 Å². The van der Waals surface area contributed by atoms with Crippen LogP contribution in [0.3, 0.4) is 0 Å². The molecular formula is C17H25ClN4O2. The van der Waals surface area contributed by atoms with E-state index in [4.69, 9.17) is 4.74 Å². The maximum atomic E-state index is 12.4. The van der Waals surface area contributed by atoms with Crippen LogP contribution in [0.2, 0.25) is 0 Å². The van der Waals surface area contributed by atoms with E-state index in [1.807, 2.05) is 44.4 Å². The molecular weight excluding hydrogens is 328 g/mol. The highest BCUT2D eigenvalue weighted by Crippen LogP contribution is 2.19. The van der Waals surface area contributed by atoms with Crippen LogP contribution >= 0.6 is 12.4 Å². The number of likely N-dealkylation sites (N-methyl/N-ethyl adjacent to an activating group) is 1. The minimum absolute atomic E-state index is 0. The predicted molar refractivity (Wildman–Crippen MR) is 97.7 cm³/mol. The van der Waals surface area contributed by atoms with Gasteiger partial charge in [-0.05, 0) is 44.7 Å². The Kier molecular flexibility index (Phi) is 7.74. The fraction of sp³-hybridized carbons (Fsp3) is 0.412. The van der Waals surface area contributed by atoms with Crippen molar-refractivity contribution < 1.29 is 9.53 Å². The molecule has 1 amide bonds. The van der Waals surface area contributed by atoms with Crippen molar-refractivity contribution in [3.8, 4) is 5.75 Å². The summed E-state index contributed by atoms with van der Waals surface area (Å²) >= 11 is 0. The molecule has 2 aromatic rings. The third-order valence-corrected chi connectivity index (χ3v) is 3.64. The molecule has 0 saturated heterocycles. The van der Waals surface area contributed by atoms with Crippen LogP contribution in [0.1, 0.15) is 31.9 Å². The van der Waals surface area contributed by atoms with Crippen molar-refractivity contribution in [2.24, 2.45) is 7.05 Å². The number of nitrogens with zero attached hydrogens (tertiary/aromatic N) is 2. The molecule has 0 bridgehead atoms. The van der Waals surface area contributed by atoms with E-state index in [0.717, 1.165) is 23.4 Å². The van der Waals surface area contributed by atoms with Gasteiger partial charge in [0, 0.05) is 24.5 Å². The molecule has 1 heterocycles. The molecule has 0 aliphatic rings. The summed E-state index contributed by atoms with van der Waals surface area (Å²) in [7, 11) is 3.57. The van der Waals surface area contributed by atoms with Crippen LogP contribution in [0.25, 0.3) is 0 Å². The van der Waals surface area contributed by atoms with E-state index in [0.29, 0.717) is 0 Å². The Balaban J connectivity index is 0.00000288. The van der Waals surface area contributed by atoms with Gasteiger partial charge in [0.15, 0.2) is 0 Å². The minimum atomic E-state index is -0.445. The van der Waals surface area contributed by atoms with Gasteiger partial charge in [0.2, 0.25) is 5.91 Å². The number of hydrogen-bond donors (Lipinski definition) is 2. The van der Waals surface area contributed by atoms with Gasteiger partial charge in [0.05, 0.1) is 12.3 Å². The number of halogens is 1. The molecule has 7 heteroatoms. The lowest BCUT2D eigenvalue weighted by Crippen LogP contribution is -2.30. The molecule has 6 nitrogen and oxygen atoms in total. The number of hydrogen-bond acceptors (Lipinski definition) is 4. The number of amides is 1. The molecule has 0 radical (unpaired) electrons. The second-order valence-corrected chi connectivity index (χ2v) is 5.52. The lowest BCUT2D eigenvalue weighted by atomic mass is 10.1. The summed E-state index contributed by atoms with van der Waals surface area (Å²) in [6.45, 7) is 4.11. The Morgan fingerprint density at radius 3 is 2.50 bits per heavy atom. The van der Waals surface area contributed by atoms with Gasteiger partial charge in [0.25, 0.3) is 0 Å². The molecule has 1 aromatic carbocycles. The summed E-state index contributed by atoms with van der Waals surface area (Å²) in [5.74, 6) is 0.672. The van der Waals surface area contributed by atoms with E-state index in [1.165, 1.54) is 0 Å². The first-order chi connectivity index (χ1) is 11.0. The SMILES string of the molecule is CCC(C)Oc1ccc(NC(=O)C(NC)c2cnn(C)c2)cc1.Cl. The molecule has 2 rings (SSSR count). The highest BCUT2D eigenvalue weighted by atomic mass is 35.5. The zero-order valence-corrected chi connectivity index (χ0v) is 15.3. The van der Waals surface area contributed by atoms with Crippen LogP contribution in [0.15, 0.2) is 36.7 Å². The summed E-state index contributed by atoms with van der Waals surface area (Å²) in [5, 5.41) is 10.0. The number of nitrogens with one attached hydrogen (secondary N) is 2. The van der Waals surface area contributed by atoms with Crippen molar-refractivity contribution in [1.29, 1.82) is 0 Å². The van der Waals surface area contributed by atoms with E-state index < -0.39 is 6.04 Å². The largest absolute Gasteiger partial charge is 0.491 e. The molecule has 2 atom stereocenters. The Morgan fingerprint density at radius 1 is 1.33 bits per heavy atom. The molecule has 2 unspecified atom stereocenters. The lowest BCUT2D eigenvalue weighted by molar-refractivity contribution is -0.118. The van der Waals surface area contributed by atoms with Crippen molar-refractivity contribution in [2.45, 2.75) is 32.4 Å². The van der Waals surface area contributed by atoms with Crippen molar-refractivity contribution >= 4 is 24.0 Å². The van der Waals surface area contributed by atoms with Crippen LogP contribution in [-0.4, -0.2) is 28.8 Å². The molecule has 2 N–H and O–H groups in total. The quantitative estimate of drug-likeness (QED) is 0.804. The summed E-state index contributed by atoms with van der Waals surface area (Å²) in [4.78, 5) is 12.4. The van der Waals surface area contributed by atoms with Crippen LogP contribution in [0.5, 0.6) is 5.75 Å². The fourth-order valence-corrected chi connectivity index (χ4v) is 2.19. The van der Waals surface area contributed by atoms with Gasteiger partial charge in [-0.3, -0.25) is 9.48 Å². The topological polar surface area (TPSA) is 68.2 Å². The normalized spacial score (nSPS) is 12.8. The number of aryl methyl sites for hydroxylation is 1. The van der Waals surface area contributed by atoms with Gasteiger partial charge in [-0.15, -0.1) is 12.4 Å². The number of benzene rings is 1. The predicted octanol–water partition coefficient (Wildman–Crippen LogP) is 2.92. The van der Waals surface area contributed by atoms with E-state index in [-0.39, 0.29) is 24.4 Å². The van der Waals surface area contributed by atoms with Crippen molar-refractivity contribution in [2.75, 3.05) is 12.4 Å². The first-order valence-corrected chi connectivity index (χ1v) is 7.77. The summed E-state index contributed by atoms with van der Waals surface area (Å²) in [5.41, 5.74) is 1.56. The number of carbonyl (C=O) groups excluding carboxylic acids is 1.